The predicted molar refractivity (Wildman–Crippen MR) is 105 cm³/mol. The van der Waals surface area contributed by atoms with Crippen LogP contribution in [0.2, 0.25) is 5.02 Å². The lowest BCUT2D eigenvalue weighted by Gasteiger charge is -2.24. The molecular weight excluding hydrogens is 406 g/mol. The van der Waals surface area contributed by atoms with E-state index >= 15 is 0 Å². The third-order valence-electron chi connectivity index (χ3n) is 3.65. The Morgan fingerprint density at radius 2 is 1.64 bits per heavy atom. The summed E-state index contributed by atoms with van der Waals surface area (Å²) in [5.41, 5.74) is 0.218. The van der Waals surface area contributed by atoms with Crippen LogP contribution in [0.25, 0.3) is 0 Å². The van der Waals surface area contributed by atoms with Crippen molar-refractivity contribution in [3.05, 3.63) is 59.1 Å². The Balaban J connectivity index is 2.49. The summed E-state index contributed by atoms with van der Waals surface area (Å²) in [4.78, 5) is 23.9. The minimum atomic E-state index is -4.07. The Kier molecular flexibility index (Phi) is 7.42. The van der Waals surface area contributed by atoms with Crippen LogP contribution >= 0.6 is 11.6 Å². The van der Waals surface area contributed by atoms with E-state index in [-0.39, 0.29) is 34.4 Å². The van der Waals surface area contributed by atoms with E-state index in [1.54, 1.807) is 32.0 Å². The molecule has 0 saturated heterocycles. The molecule has 9 heteroatoms. The van der Waals surface area contributed by atoms with Gasteiger partial charge in [-0.15, -0.1) is 0 Å². The maximum absolute atomic E-state index is 13.1. The first-order chi connectivity index (χ1) is 13.3. The van der Waals surface area contributed by atoms with Crippen LogP contribution in [0.5, 0.6) is 0 Å². The highest BCUT2D eigenvalue weighted by Gasteiger charge is 2.28. The molecule has 2 aromatic rings. The summed E-state index contributed by atoms with van der Waals surface area (Å²) in [6.45, 7) is 3.03. The van der Waals surface area contributed by atoms with Gasteiger partial charge < -0.3 is 9.47 Å². The summed E-state index contributed by atoms with van der Waals surface area (Å²) in [7, 11) is -4.07. The van der Waals surface area contributed by atoms with Crippen molar-refractivity contribution >= 4 is 39.3 Å². The van der Waals surface area contributed by atoms with Crippen LogP contribution in [0.15, 0.2) is 53.4 Å². The highest BCUT2D eigenvalue weighted by Crippen LogP contribution is 2.28. The van der Waals surface area contributed by atoms with Gasteiger partial charge in [0.1, 0.15) is 6.54 Å². The van der Waals surface area contributed by atoms with Gasteiger partial charge in [0.05, 0.1) is 34.4 Å². The standard InChI is InChI=1S/C19H20ClNO6S/c1-3-26-18(22)13-21(28(24,25)15-8-6-5-7-9-15)14-10-11-16(17(20)12-14)19(23)27-4-2/h5-12H,3-4,13H2,1-2H3. The molecule has 0 atom stereocenters. The van der Waals surface area contributed by atoms with Gasteiger partial charge in [0.2, 0.25) is 0 Å². The second-order valence-electron chi connectivity index (χ2n) is 5.51. The number of ether oxygens (including phenoxy) is 2. The molecule has 0 aliphatic carbocycles. The van der Waals surface area contributed by atoms with Crippen LogP contribution in [-0.2, 0) is 24.3 Å². The number of nitrogens with zero attached hydrogens (tertiary/aromatic N) is 1. The van der Waals surface area contributed by atoms with E-state index in [9.17, 15) is 18.0 Å². The number of benzene rings is 2. The van der Waals surface area contributed by atoms with E-state index in [1.807, 2.05) is 0 Å². The fourth-order valence-electron chi connectivity index (χ4n) is 2.39. The van der Waals surface area contributed by atoms with E-state index in [2.05, 4.69) is 0 Å². The fourth-order valence-corrected chi connectivity index (χ4v) is 4.07. The molecular formula is C19H20ClNO6S. The normalized spacial score (nSPS) is 11.0. The van der Waals surface area contributed by atoms with Gasteiger partial charge in [-0.25, -0.2) is 13.2 Å². The Bertz CT molecular complexity index is 946. The van der Waals surface area contributed by atoms with Crippen molar-refractivity contribution in [1.29, 1.82) is 0 Å². The molecule has 0 heterocycles. The molecule has 0 unspecified atom stereocenters. The second-order valence-corrected chi connectivity index (χ2v) is 7.78. The minimum absolute atomic E-state index is 0.00453. The molecule has 0 saturated carbocycles. The number of halogens is 1. The number of esters is 2. The van der Waals surface area contributed by atoms with Gasteiger partial charge in [-0.2, -0.15) is 0 Å². The molecule has 0 spiro atoms. The molecule has 0 aromatic heterocycles. The molecule has 0 amide bonds. The summed E-state index contributed by atoms with van der Waals surface area (Å²) in [5, 5.41) is 0.00747. The van der Waals surface area contributed by atoms with E-state index in [1.165, 1.54) is 30.3 Å². The van der Waals surface area contributed by atoms with Crippen LogP contribution < -0.4 is 4.31 Å². The molecule has 0 fully saturated rings. The molecule has 150 valence electrons. The lowest BCUT2D eigenvalue weighted by Crippen LogP contribution is -2.36. The SMILES string of the molecule is CCOC(=O)CN(c1ccc(C(=O)OCC)c(Cl)c1)S(=O)(=O)c1ccccc1. The number of carbonyl (C=O) groups is 2. The first-order valence-corrected chi connectivity index (χ1v) is 10.3. The number of rotatable bonds is 8. The highest BCUT2D eigenvalue weighted by molar-refractivity contribution is 7.92. The number of carbonyl (C=O) groups excluding carboxylic acids is 2. The molecule has 0 bridgehead atoms. The summed E-state index contributed by atoms with van der Waals surface area (Å²) in [5.74, 6) is -1.34. The molecule has 0 radical (unpaired) electrons. The van der Waals surface area contributed by atoms with Gasteiger partial charge >= 0.3 is 11.9 Å². The van der Waals surface area contributed by atoms with Gasteiger partial charge in [-0.05, 0) is 44.2 Å². The zero-order valence-corrected chi connectivity index (χ0v) is 17.0. The number of hydrogen-bond acceptors (Lipinski definition) is 6. The minimum Gasteiger partial charge on any atom is -0.465 e. The average Bonchev–Trinajstić information content (AvgIpc) is 2.67. The van der Waals surface area contributed by atoms with Crippen molar-refractivity contribution in [1.82, 2.24) is 0 Å². The van der Waals surface area contributed by atoms with E-state index in [4.69, 9.17) is 21.1 Å². The predicted octanol–water partition coefficient (Wildman–Crippen LogP) is 3.28. The van der Waals surface area contributed by atoms with Gasteiger partial charge in [-0.3, -0.25) is 9.10 Å². The van der Waals surface area contributed by atoms with Gasteiger partial charge in [0, 0.05) is 0 Å². The van der Waals surface area contributed by atoms with Crippen molar-refractivity contribution in [2.75, 3.05) is 24.1 Å². The Hall–Kier alpha value is -2.58. The number of hydrogen-bond donors (Lipinski definition) is 0. The molecule has 7 nitrogen and oxygen atoms in total. The first kappa shape index (κ1) is 21.7. The van der Waals surface area contributed by atoms with Gasteiger partial charge in [-0.1, -0.05) is 29.8 Å². The maximum atomic E-state index is 13.1. The smallest absolute Gasteiger partial charge is 0.339 e. The summed E-state index contributed by atoms with van der Waals surface area (Å²) in [6.07, 6.45) is 0. The van der Waals surface area contributed by atoms with Crippen LogP contribution in [0.3, 0.4) is 0 Å². The third-order valence-corrected chi connectivity index (χ3v) is 5.75. The van der Waals surface area contributed by atoms with Crippen molar-refractivity contribution in [2.45, 2.75) is 18.7 Å². The number of sulfonamides is 1. The first-order valence-electron chi connectivity index (χ1n) is 8.51. The summed E-state index contributed by atoms with van der Waals surface area (Å²) >= 11 is 6.16. The third kappa shape index (κ3) is 5.02. The van der Waals surface area contributed by atoms with Crippen molar-refractivity contribution in [2.24, 2.45) is 0 Å². The van der Waals surface area contributed by atoms with Crippen LogP contribution in [0.1, 0.15) is 24.2 Å². The Morgan fingerprint density at radius 1 is 1.00 bits per heavy atom. The second kappa shape index (κ2) is 9.57. The lowest BCUT2D eigenvalue weighted by molar-refractivity contribution is -0.141. The van der Waals surface area contributed by atoms with E-state index in [0.29, 0.717) is 0 Å². The highest BCUT2D eigenvalue weighted by atomic mass is 35.5. The number of anilines is 1. The van der Waals surface area contributed by atoms with Gasteiger partial charge in [0.25, 0.3) is 10.0 Å². The topological polar surface area (TPSA) is 90.0 Å². The largest absolute Gasteiger partial charge is 0.465 e. The van der Waals surface area contributed by atoms with E-state index in [0.717, 1.165) is 4.31 Å². The zero-order valence-electron chi connectivity index (χ0n) is 15.4. The van der Waals surface area contributed by atoms with Crippen LogP contribution in [-0.4, -0.2) is 40.1 Å². The molecule has 0 aliphatic heterocycles. The van der Waals surface area contributed by atoms with Crippen molar-refractivity contribution in [3.63, 3.8) is 0 Å². The summed E-state index contributed by atoms with van der Waals surface area (Å²) in [6, 6.07) is 11.7. The summed E-state index contributed by atoms with van der Waals surface area (Å²) < 4.78 is 36.9. The Morgan fingerprint density at radius 3 is 2.21 bits per heavy atom. The molecule has 0 aliphatic rings. The Labute approximate surface area is 168 Å². The molecule has 28 heavy (non-hydrogen) atoms. The maximum Gasteiger partial charge on any atom is 0.339 e. The van der Waals surface area contributed by atoms with Gasteiger partial charge in [0.15, 0.2) is 0 Å². The molecule has 2 aromatic carbocycles. The average molecular weight is 426 g/mol. The quantitative estimate of drug-likeness (QED) is 0.603. The van der Waals surface area contributed by atoms with Crippen LogP contribution in [0.4, 0.5) is 5.69 Å². The zero-order chi connectivity index (χ0) is 20.7. The van der Waals surface area contributed by atoms with Crippen LogP contribution in [0, 0.1) is 0 Å². The molecule has 2 rings (SSSR count). The van der Waals surface area contributed by atoms with Crippen molar-refractivity contribution in [3.8, 4) is 0 Å². The monoisotopic (exact) mass is 425 g/mol. The van der Waals surface area contributed by atoms with E-state index < -0.39 is 28.5 Å². The van der Waals surface area contributed by atoms with Crippen molar-refractivity contribution < 1.29 is 27.5 Å². The lowest BCUT2D eigenvalue weighted by atomic mass is 10.2. The fraction of sp³-hybridized carbons (Fsp3) is 0.263. The molecule has 0 N–H and O–H groups in total.